The monoisotopic (exact) mass is 927 g/mol. The number of allylic oxidation sites excluding steroid dienone is 6. The van der Waals surface area contributed by atoms with Gasteiger partial charge in [0.25, 0.3) is 0 Å². The molecule has 0 bridgehead atoms. The van der Waals surface area contributed by atoms with E-state index in [1.54, 1.807) is 0 Å². The van der Waals surface area contributed by atoms with Crippen LogP contribution in [0.3, 0.4) is 0 Å². The van der Waals surface area contributed by atoms with Crippen molar-refractivity contribution in [2.24, 2.45) is 0 Å². The summed E-state index contributed by atoms with van der Waals surface area (Å²) in [5.41, 5.74) is 0. The molecule has 0 rings (SSSR count). The van der Waals surface area contributed by atoms with E-state index in [-0.39, 0.29) is 18.5 Å². The molecule has 0 saturated heterocycles. The predicted octanol–water partition coefficient (Wildman–Crippen LogP) is 20.1. The Morgan fingerprint density at radius 2 is 0.636 bits per heavy atom. The summed E-state index contributed by atoms with van der Waals surface area (Å²) >= 11 is 0. The zero-order valence-corrected chi connectivity index (χ0v) is 44.7. The minimum absolute atomic E-state index is 0.0852. The highest BCUT2D eigenvalue weighted by molar-refractivity contribution is 5.70. The molecular formula is C61H114O5. The second-order valence-corrected chi connectivity index (χ2v) is 19.9. The summed E-state index contributed by atoms with van der Waals surface area (Å²) in [4.78, 5) is 25.5. The van der Waals surface area contributed by atoms with E-state index in [0.717, 1.165) is 57.8 Å². The van der Waals surface area contributed by atoms with Crippen molar-refractivity contribution in [3.8, 4) is 0 Å². The molecule has 0 radical (unpaired) electrons. The molecule has 388 valence electrons. The van der Waals surface area contributed by atoms with Crippen molar-refractivity contribution in [1.29, 1.82) is 0 Å². The first-order chi connectivity index (χ1) is 32.6. The fourth-order valence-corrected chi connectivity index (χ4v) is 8.76. The van der Waals surface area contributed by atoms with E-state index in [0.29, 0.717) is 26.1 Å². The van der Waals surface area contributed by atoms with E-state index in [2.05, 4.69) is 57.2 Å². The highest BCUT2D eigenvalue weighted by Crippen LogP contribution is 2.17. The van der Waals surface area contributed by atoms with Gasteiger partial charge in [0.05, 0.1) is 6.61 Å². The highest BCUT2D eigenvalue weighted by atomic mass is 16.6. The van der Waals surface area contributed by atoms with E-state index >= 15 is 0 Å². The van der Waals surface area contributed by atoms with Gasteiger partial charge in [-0.2, -0.15) is 0 Å². The molecule has 0 aromatic rings. The molecule has 5 heteroatoms. The van der Waals surface area contributed by atoms with Crippen LogP contribution in [0.25, 0.3) is 0 Å². The van der Waals surface area contributed by atoms with Crippen LogP contribution in [-0.4, -0.2) is 37.9 Å². The summed E-state index contributed by atoms with van der Waals surface area (Å²) in [5, 5.41) is 0. The van der Waals surface area contributed by atoms with Gasteiger partial charge in [-0.05, 0) is 57.8 Å². The molecule has 0 aromatic carbocycles. The van der Waals surface area contributed by atoms with Gasteiger partial charge in [0.15, 0.2) is 6.10 Å². The third-order valence-corrected chi connectivity index (χ3v) is 13.2. The fourth-order valence-electron chi connectivity index (χ4n) is 8.76. The lowest BCUT2D eigenvalue weighted by atomic mass is 10.0. The van der Waals surface area contributed by atoms with E-state index in [1.165, 1.54) is 225 Å². The summed E-state index contributed by atoms with van der Waals surface area (Å²) in [6, 6.07) is 0. The largest absolute Gasteiger partial charge is 0.462 e. The maximum atomic E-state index is 12.9. The Hall–Kier alpha value is -1.88. The molecule has 0 saturated carbocycles. The van der Waals surface area contributed by atoms with Gasteiger partial charge < -0.3 is 14.2 Å². The highest BCUT2D eigenvalue weighted by Gasteiger charge is 2.17. The summed E-state index contributed by atoms with van der Waals surface area (Å²) in [6.07, 6.45) is 70.2. The smallest absolute Gasteiger partial charge is 0.306 e. The number of unbranched alkanes of at least 4 members (excludes halogenated alkanes) is 38. The van der Waals surface area contributed by atoms with Crippen LogP contribution in [0.4, 0.5) is 0 Å². The van der Waals surface area contributed by atoms with Gasteiger partial charge in [0, 0.05) is 19.4 Å². The first kappa shape index (κ1) is 64.1. The standard InChI is InChI=1S/C61H114O5/c1-4-7-10-13-16-19-22-25-28-30-31-33-34-36-39-42-45-48-51-54-60(62)65-58-59(57-64-56-53-50-47-44-41-38-27-24-21-18-15-12-9-6-3)66-61(63)55-52-49-46-43-40-37-35-32-29-26-23-20-17-14-11-8-5-2/h16,19,25,28,31,33,59H,4-15,17-18,20-24,26-27,29-30,32,34-58H2,1-3H3/b19-16-,28-25-,33-31-. The van der Waals surface area contributed by atoms with Crippen molar-refractivity contribution < 1.29 is 23.8 Å². The van der Waals surface area contributed by atoms with Crippen molar-refractivity contribution in [3.63, 3.8) is 0 Å². The Labute approximate surface area is 412 Å². The van der Waals surface area contributed by atoms with Gasteiger partial charge in [0.2, 0.25) is 0 Å². The number of hydrogen-bond acceptors (Lipinski definition) is 5. The Balaban J connectivity index is 4.24. The summed E-state index contributed by atoms with van der Waals surface area (Å²) < 4.78 is 17.5. The van der Waals surface area contributed by atoms with Crippen LogP contribution in [0.15, 0.2) is 36.5 Å². The van der Waals surface area contributed by atoms with Crippen LogP contribution in [0, 0.1) is 0 Å². The van der Waals surface area contributed by atoms with Crippen LogP contribution in [0.2, 0.25) is 0 Å². The average molecular weight is 928 g/mol. The summed E-state index contributed by atoms with van der Waals surface area (Å²) in [5.74, 6) is -0.390. The molecule has 1 atom stereocenters. The maximum absolute atomic E-state index is 12.9. The first-order valence-corrected chi connectivity index (χ1v) is 29.5. The average Bonchev–Trinajstić information content (AvgIpc) is 3.32. The van der Waals surface area contributed by atoms with Gasteiger partial charge in [-0.15, -0.1) is 0 Å². The van der Waals surface area contributed by atoms with E-state index < -0.39 is 6.10 Å². The second-order valence-electron chi connectivity index (χ2n) is 19.9. The lowest BCUT2D eigenvalue weighted by molar-refractivity contribution is -0.163. The number of esters is 2. The lowest BCUT2D eigenvalue weighted by Crippen LogP contribution is -2.30. The molecule has 0 aromatic heterocycles. The lowest BCUT2D eigenvalue weighted by Gasteiger charge is -2.18. The van der Waals surface area contributed by atoms with Gasteiger partial charge >= 0.3 is 11.9 Å². The van der Waals surface area contributed by atoms with E-state index in [1.807, 2.05) is 0 Å². The molecule has 0 fully saturated rings. The minimum atomic E-state index is -0.536. The molecule has 0 aliphatic rings. The number of carbonyl (C=O) groups is 2. The van der Waals surface area contributed by atoms with E-state index in [9.17, 15) is 9.59 Å². The minimum Gasteiger partial charge on any atom is -0.462 e. The zero-order chi connectivity index (χ0) is 47.7. The molecular weight excluding hydrogens is 813 g/mol. The number of carbonyl (C=O) groups excluding carboxylic acids is 2. The molecule has 66 heavy (non-hydrogen) atoms. The summed E-state index contributed by atoms with van der Waals surface area (Å²) in [7, 11) is 0. The summed E-state index contributed by atoms with van der Waals surface area (Å²) in [6.45, 7) is 7.86. The van der Waals surface area contributed by atoms with Crippen molar-refractivity contribution in [3.05, 3.63) is 36.5 Å². The van der Waals surface area contributed by atoms with Crippen molar-refractivity contribution >= 4 is 11.9 Å². The Morgan fingerprint density at radius 3 is 1.05 bits per heavy atom. The van der Waals surface area contributed by atoms with E-state index in [4.69, 9.17) is 14.2 Å². The van der Waals surface area contributed by atoms with Crippen molar-refractivity contribution in [2.75, 3.05) is 19.8 Å². The number of rotatable bonds is 55. The molecule has 0 amide bonds. The van der Waals surface area contributed by atoms with Crippen LogP contribution in [0.5, 0.6) is 0 Å². The van der Waals surface area contributed by atoms with Gasteiger partial charge in [-0.25, -0.2) is 0 Å². The normalized spacial score (nSPS) is 12.3. The Bertz CT molecular complexity index is 1050. The van der Waals surface area contributed by atoms with Gasteiger partial charge in [-0.1, -0.05) is 282 Å². The molecule has 5 nitrogen and oxygen atoms in total. The number of ether oxygens (including phenoxy) is 3. The van der Waals surface area contributed by atoms with Gasteiger partial charge in [0.1, 0.15) is 6.61 Å². The third kappa shape index (κ3) is 54.7. The van der Waals surface area contributed by atoms with Crippen LogP contribution in [0.1, 0.15) is 316 Å². The third-order valence-electron chi connectivity index (χ3n) is 13.2. The van der Waals surface area contributed by atoms with Gasteiger partial charge in [-0.3, -0.25) is 9.59 Å². The van der Waals surface area contributed by atoms with Crippen LogP contribution < -0.4 is 0 Å². The molecule has 1 unspecified atom stereocenters. The molecule has 0 aliphatic heterocycles. The number of hydrogen-bond donors (Lipinski definition) is 0. The Kier molecular flexibility index (Phi) is 55.8. The molecule has 0 heterocycles. The molecule has 0 aliphatic carbocycles. The quantitative estimate of drug-likeness (QED) is 0.0345. The fraction of sp³-hybridized carbons (Fsp3) is 0.869. The maximum Gasteiger partial charge on any atom is 0.306 e. The second kappa shape index (κ2) is 57.4. The topological polar surface area (TPSA) is 61.8 Å². The SMILES string of the molecule is CCCCC/C=C\C/C=C\C/C=C\CCCCCCCCC(=O)OCC(COCCCCCCCCCCCCCCCC)OC(=O)CCCCCCCCCCCCCCCCCCC. The van der Waals surface area contributed by atoms with Crippen molar-refractivity contribution in [1.82, 2.24) is 0 Å². The van der Waals surface area contributed by atoms with Crippen LogP contribution >= 0.6 is 0 Å². The predicted molar refractivity (Wildman–Crippen MR) is 288 cm³/mol. The Morgan fingerprint density at radius 1 is 0.333 bits per heavy atom. The first-order valence-electron chi connectivity index (χ1n) is 29.5. The molecule has 0 spiro atoms. The molecule has 0 N–H and O–H groups in total. The van der Waals surface area contributed by atoms with Crippen LogP contribution in [-0.2, 0) is 23.8 Å². The zero-order valence-electron chi connectivity index (χ0n) is 44.7. The van der Waals surface area contributed by atoms with Crippen molar-refractivity contribution in [2.45, 2.75) is 322 Å².